The minimum atomic E-state index is -0.144. The second-order valence-electron chi connectivity index (χ2n) is 6.20. The van der Waals surface area contributed by atoms with Crippen LogP contribution in [0.5, 0.6) is 5.75 Å². The summed E-state index contributed by atoms with van der Waals surface area (Å²) < 4.78 is 5.36. The van der Waals surface area contributed by atoms with Crippen molar-refractivity contribution in [2.24, 2.45) is 0 Å². The molecule has 0 aliphatic heterocycles. The maximum Gasteiger partial charge on any atom is 0.224 e. The van der Waals surface area contributed by atoms with E-state index in [1.54, 1.807) is 24.3 Å². The van der Waals surface area contributed by atoms with Gasteiger partial charge in [-0.25, -0.2) is 0 Å². The van der Waals surface area contributed by atoms with Crippen LogP contribution < -0.4 is 10.1 Å². The zero-order chi connectivity index (χ0) is 18.4. The zero-order valence-electron chi connectivity index (χ0n) is 15.3. The maximum absolute atomic E-state index is 12.2. The van der Waals surface area contributed by atoms with Crippen LogP contribution >= 0.6 is 0 Å². The highest BCUT2D eigenvalue weighted by Crippen LogP contribution is 2.22. The van der Waals surface area contributed by atoms with Crippen molar-refractivity contribution in [3.8, 4) is 5.75 Å². The SMILES string of the molecule is CCOc1ccc(C(=O)CCC(=O)Nc2c(C)cc(C)cc2C)cc1. The molecule has 1 amide bonds. The molecule has 2 aromatic carbocycles. The van der Waals surface area contributed by atoms with Gasteiger partial charge in [0.25, 0.3) is 0 Å². The molecular weight excluding hydrogens is 314 g/mol. The van der Waals surface area contributed by atoms with E-state index in [0.29, 0.717) is 12.2 Å². The van der Waals surface area contributed by atoms with Gasteiger partial charge in [0.05, 0.1) is 6.61 Å². The molecule has 132 valence electrons. The van der Waals surface area contributed by atoms with Gasteiger partial charge in [-0.05, 0) is 63.1 Å². The van der Waals surface area contributed by atoms with E-state index in [1.165, 1.54) is 5.56 Å². The van der Waals surface area contributed by atoms with E-state index in [9.17, 15) is 9.59 Å². The number of hydrogen-bond acceptors (Lipinski definition) is 3. The number of amides is 1. The Labute approximate surface area is 149 Å². The number of anilines is 1. The topological polar surface area (TPSA) is 55.4 Å². The van der Waals surface area contributed by atoms with Gasteiger partial charge in [0.1, 0.15) is 5.75 Å². The van der Waals surface area contributed by atoms with E-state index in [2.05, 4.69) is 5.32 Å². The van der Waals surface area contributed by atoms with Crippen LogP contribution in [0, 0.1) is 20.8 Å². The monoisotopic (exact) mass is 339 g/mol. The van der Waals surface area contributed by atoms with Gasteiger partial charge in [0.15, 0.2) is 5.78 Å². The Kier molecular flexibility index (Phi) is 6.34. The van der Waals surface area contributed by atoms with Crippen LogP contribution in [0.4, 0.5) is 5.69 Å². The normalized spacial score (nSPS) is 10.4. The number of benzene rings is 2. The summed E-state index contributed by atoms with van der Waals surface area (Å²) in [4.78, 5) is 24.4. The van der Waals surface area contributed by atoms with Crippen molar-refractivity contribution in [2.45, 2.75) is 40.5 Å². The third-order valence-corrected chi connectivity index (χ3v) is 4.01. The second kappa shape index (κ2) is 8.47. The third kappa shape index (κ3) is 5.18. The summed E-state index contributed by atoms with van der Waals surface area (Å²) in [5, 5.41) is 2.93. The van der Waals surface area contributed by atoms with E-state index in [1.807, 2.05) is 39.8 Å². The number of Topliss-reactive ketones (excluding diaryl/α,β-unsaturated/α-hetero) is 1. The van der Waals surface area contributed by atoms with E-state index >= 15 is 0 Å². The van der Waals surface area contributed by atoms with Crippen LogP contribution in [0.1, 0.15) is 46.8 Å². The van der Waals surface area contributed by atoms with Gasteiger partial charge in [0, 0.05) is 24.1 Å². The number of hydrogen-bond donors (Lipinski definition) is 1. The average Bonchev–Trinajstić information content (AvgIpc) is 2.57. The third-order valence-electron chi connectivity index (χ3n) is 4.01. The molecule has 0 heterocycles. The Morgan fingerprint density at radius 3 is 2.12 bits per heavy atom. The van der Waals surface area contributed by atoms with Crippen LogP contribution in [0.15, 0.2) is 36.4 Å². The molecule has 2 rings (SSSR count). The van der Waals surface area contributed by atoms with Gasteiger partial charge in [-0.2, -0.15) is 0 Å². The van der Waals surface area contributed by atoms with Gasteiger partial charge in [-0.15, -0.1) is 0 Å². The standard InChI is InChI=1S/C21H25NO3/c1-5-25-18-8-6-17(7-9-18)19(23)10-11-20(24)22-21-15(3)12-14(2)13-16(21)4/h6-9,12-13H,5,10-11H2,1-4H3,(H,22,24). The molecule has 25 heavy (non-hydrogen) atoms. The van der Waals surface area contributed by atoms with E-state index in [-0.39, 0.29) is 24.5 Å². The lowest BCUT2D eigenvalue weighted by Crippen LogP contribution is -2.15. The first-order valence-corrected chi connectivity index (χ1v) is 8.54. The van der Waals surface area contributed by atoms with Crippen molar-refractivity contribution < 1.29 is 14.3 Å². The molecule has 4 nitrogen and oxygen atoms in total. The summed E-state index contributed by atoms with van der Waals surface area (Å²) in [6, 6.07) is 11.1. The molecule has 0 saturated heterocycles. The molecule has 0 fully saturated rings. The first-order valence-electron chi connectivity index (χ1n) is 8.54. The van der Waals surface area contributed by atoms with Crippen LogP contribution in [0.25, 0.3) is 0 Å². The first kappa shape index (κ1) is 18.7. The van der Waals surface area contributed by atoms with E-state index < -0.39 is 0 Å². The van der Waals surface area contributed by atoms with Crippen molar-refractivity contribution in [1.29, 1.82) is 0 Å². The van der Waals surface area contributed by atoms with Gasteiger partial charge in [0.2, 0.25) is 5.91 Å². The highest BCUT2D eigenvalue weighted by Gasteiger charge is 2.12. The lowest BCUT2D eigenvalue weighted by molar-refractivity contribution is -0.116. The minimum absolute atomic E-state index is 0.0458. The fraction of sp³-hybridized carbons (Fsp3) is 0.333. The highest BCUT2D eigenvalue weighted by atomic mass is 16.5. The number of nitrogens with one attached hydrogen (secondary N) is 1. The summed E-state index contributed by atoms with van der Waals surface area (Å²) in [6.45, 7) is 8.48. The van der Waals surface area contributed by atoms with Crippen LogP contribution in [0.3, 0.4) is 0 Å². The number of carbonyl (C=O) groups is 2. The van der Waals surface area contributed by atoms with Crippen LogP contribution in [-0.2, 0) is 4.79 Å². The lowest BCUT2D eigenvalue weighted by Gasteiger charge is -2.12. The molecule has 0 aromatic heterocycles. The van der Waals surface area contributed by atoms with Gasteiger partial charge < -0.3 is 10.1 Å². The molecule has 4 heteroatoms. The lowest BCUT2D eigenvalue weighted by atomic mass is 10.0. The van der Waals surface area contributed by atoms with Crippen molar-refractivity contribution in [3.63, 3.8) is 0 Å². The van der Waals surface area contributed by atoms with Gasteiger partial charge >= 0.3 is 0 Å². The second-order valence-corrected chi connectivity index (χ2v) is 6.20. The molecule has 0 saturated carbocycles. The molecule has 0 aliphatic carbocycles. The number of rotatable bonds is 7. The van der Waals surface area contributed by atoms with Gasteiger partial charge in [-0.1, -0.05) is 17.7 Å². The summed E-state index contributed by atoms with van der Waals surface area (Å²) in [7, 11) is 0. The molecule has 1 N–H and O–H groups in total. The smallest absolute Gasteiger partial charge is 0.224 e. The Bertz CT molecular complexity index is 740. The average molecular weight is 339 g/mol. The van der Waals surface area contributed by atoms with E-state index in [4.69, 9.17) is 4.74 Å². The molecule has 0 aliphatic rings. The predicted octanol–water partition coefficient (Wildman–Crippen LogP) is 4.61. The number of aryl methyl sites for hydroxylation is 3. The molecule has 0 atom stereocenters. The molecule has 0 unspecified atom stereocenters. The molecule has 0 bridgehead atoms. The van der Waals surface area contributed by atoms with Gasteiger partial charge in [-0.3, -0.25) is 9.59 Å². The van der Waals surface area contributed by atoms with Crippen LogP contribution in [-0.4, -0.2) is 18.3 Å². The number of ether oxygens (including phenoxy) is 1. The Morgan fingerprint density at radius 1 is 0.960 bits per heavy atom. The molecular formula is C21H25NO3. The zero-order valence-corrected chi connectivity index (χ0v) is 15.3. The fourth-order valence-electron chi connectivity index (χ4n) is 2.85. The summed E-state index contributed by atoms with van der Waals surface area (Å²) in [5.41, 5.74) is 4.66. The predicted molar refractivity (Wildman–Crippen MR) is 100 cm³/mol. The minimum Gasteiger partial charge on any atom is -0.494 e. The van der Waals surface area contributed by atoms with Crippen molar-refractivity contribution in [1.82, 2.24) is 0 Å². The van der Waals surface area contributed by atoms with Crippen molar-refractivity contribution in [3.05, 3.63) is 58.7 Å². The fourth-order valence-corrected chi connectivity index (χ4v) is 2.85. The molecule has 0 radical (unpaired) electrons. The Morgan fingerprint density at radius 2 is 1.56 bits per heavy atom. The summed E-state index contributed by atoms with van der Waals surface area (Å²) in [6.07, 6.45) is 0.350. The maximum atomic E-state index is 12.2. The highest BCUT2D eigenvalue weighted by molar-refractivity contribution is 6.00. The molecule has 0 spiro atoms. The number of ketones is 1. The van der Waals surface area contributed by atoms with Crippen molar-refractivity contribution in [2.75, 3.05) is 11.9 Å². The van der Waals surface area contributed by atoms with Crippen LogP contribution in [0.2, 0.25) is 0 Å². The Balaban J connectivity index is 1.92. The first-order chi connectivity index (χ1) is 11.9. The van der Waals surface area contributed by atoms with Crippen molar-refractivity contribution >= 4 is 17.4 Å². The largest absolute Gasteiger partial charge is 0.494 e. The summed E-state index contributed by atoms with van der Waals surface area (Å²) >= 11 is 0. The quantitative estimate of drug-likeness (QED) is 0.749. The summed E-state index contributed by atoms with van der Waals surface area (Å²) in [5.74, 6) is 0.548. The number of carbonyl (C=O) groups excluding carboxylic acids is 2. The van der Waals surface area contributed by atoms with E-state index in [0.717, 1.165) is 22.6 Å². The molecule has 2 aromatic rings. The Hall–Kier alpha value is -2.62.